The molecule has 0 atom stereocenters. The van der Waals surface area contributed by atoms with Crippen molar-refractivity contribution in [1.82, 2.24) is 10.6 Å². The summed E-state index contributed by atoms with van der Waals surface area (Å²) in [6.45, 7) is 2.74. The van der Waals surface area contributed by atoms with Gasteiger partial charge in [-0.2, -0.15) is 0 Å². The molecule has 0 aliphatic carbocycles. The molecule has 0 aromatic heterocycles. The Labute approximate surface area is 205 Å². The zero-order chi connectivity index (χ0) is 24.0. The number of thioether (sulfide) groups is 1. The van der Waals surface area contributed by atoms with Crippen molar-refractivity contribution in [2.45, 2.75) is 115 Å². The predicted octanol–water partition coefficient (Wildman–Crippen LogP) is 7.57. The van der Waals surface area contributed by atoms with Gasteiger partial charge >= 0.3 is 6.03 Å². The lowest BCUT2D eigenvalue weighted by atomic mass is 10.0. The topological polar surface area (TPSA) is 78.4 Å². The summed E-state index contributed by atoms with van der Waals surface area (Å²) in [6.07, 6.45) is 19.9. The quantitative estimate of drug-likeness (QED) is 0.133. The van der Waals surface area contributed by atoms with Gasteiger partial charge in [0.05, 0.1) is 0 Å². The Kier molecular flexibility index (Phi) is 18.6. The predicted molar refractivity (Wildman–Crippen MR) is 140 cm³/mol. The van der Waals surface area contributed by atoms with Gasteiger partial charge in [0, 0.05) is 23.6 Å². The first-order valence-electron chi connectivity index (χ1n) is 13.1. The third kappa shape index (κ3) is 18.4. The van der Waals surface area contributed by atoms with Crippen LogP contribution < -0.4 is 10.6 Å². The van der Waals surface area contributed by atoms with Crippen LogP contribution in [0.15, 0.2) is 29.2 Å². The lowest BCUT2D eigenvalue weighted by molar-refractivity contribution is -0.120. The van der Waals surface area contributed by atoms with Crippen molar-refractivity contribution in [2.24, 2.45) is 0 Å². The summed E-state index contributed by atoms with van der Waals surface area (Å²) >= 11 is 1.58. The molecule has 33 heavy (non-hydrogen) atoms. The number of carbonyl (C=O) groups excluding carboxylic acids is 2. The van der Waals surface area contributed by atoms with Crippen molar-refractivity contribution < 1.29 is 14.7 Å². The van der Waals surface area contributed by atoms with Gasteiger partial charge in [0.15, 0.2) is 0 Å². The highest BCUT2D eigenvalue weighted by atomic mass is 32.2. The second-order valence-electron chi connectivity index (χ2n) is 8.85. The zero-order valence-corrected chi connectivity index (χ0v) is 21.5. The maximum Gasteiger partial charge on any atom is 0.321 e. The normalized spacial score (nSPS) is 10.8. The van der Waals surface area contributed by atoms with Gasteiger partial charge in [0.25, 0.3) is 0 Å². The highest BCUT2D eigenvalue weighted by Gasteiger charge is 2.07. The minimum atomic E-state index is -0.424. The summed E-state index contributed by atoms with van der Waals surface area (Å²) < 4.78 is 0. The summed E-state index contributed by atoms with van der Waals surface area (Å²) in [4.78, 5) is 24.7. The van der Waals surface area contributed by atoms with E-state index in [4.69, 9.17) is 0 Å². The minimum absolute atomic E-state index is 0.201. The van der Waals surface area contributed by atoms with Crippen LogP contribution in [0.3, 0.4) is 0 Å². The van der Waals surface area contributed by atoms with Gasteiger partial charge in [-0.15, -0.1) is 11.8 Å². The molecule has 1 aromatic rings. The number of amides is 3. The molecule has 0 bridgehead atoms. The second kappa shape index (κ2) is 20.9. The van der Waals surface area contributed by atoms with E-state index < -0.39 is 6.03 Å². The molecule has 0 fully saturated rings. The van der Waals surface area contributed by atoms with E-state index in [1.165, 1.54) is 83.5 Å². The van der Waals surface area contributed by atoms with Crippen LogP contribution in [0.25, 0.3) is 0 Å². The van der Waals surface area contributed by atoms with Crippen molar-refractivity contribution in [3.8, 4) is 5.75 Å². The Hall–Kier alpha value is -1.69. The highest BCUT2D eigenvalue weighted by Crippen LogP contribution is 2.20. The molecule has 0 saturated heterocycles. The smallest absolute Gasteiger partial charge is 0.321 e. The molecule has 0 heterocycles. The number of hydrogen-bond donors (Lipinski definition) is 3. The van der Waals surface area contributed by atoms with E-state index in [0.29, 0.717) is 18.7 Å². The minimum Gasteiger partial charge on any atom is -0.508 e. The molecule has 3 N–H and O–H groups in total. The number of unbranched alkanes of at least 4 members (excludes halogenated alkanes) is 14. The molecule has 188 valence electrons. The van der Waals surface area contributed by atoms with Gasteiger partial charge in [-0.3, -0.25) is 10.1 Å². The molecule has 0 radical (unpaired) electrons. The lowest BCUT2D eigenvalue weighted by Gasteiger charge is -2.07. The molecule has 0 saturated carbocycles. The van der Waals surface area contributed by atoms with Crippen molar-refractivity contribution in [3.63, 3.8) is 0 Å². The number of phenols is 1. The van der Waals surface area contributed by atoms with Crippen LogP contribution in [0, 0.1) is 0 Å². The fraction of sp³-hybridized carbons (Fsp3) is 0.704. The third-order valence-electron chi connectivity index (χ3n) is 5.75. The van der Waals surface area contributed by atoms with E-state index in [9.17, 15) is 14.7 Å². The number of nitrogens with one attached hydrogen (secondary N) is 2. The Balaban J connectivity index is 1.84. The molecular weight excluding hydrogens is 432 g/mol. The van der Waals surface area contributed by atoms with Crippen LogP contribution in [-0.4, -0.2) is 29.3 Å². The number of benzene rings is 1. The Bertz CT molecular complexity index is 622. The molecular formula is C27H46N2O3S. The van der Waals surface area contributed by atoms with Crippen LogP contribution in [0.5, 0.6) is 5.75 Å². The van der Waals surface area contributed by atoms with E-state index in [1.807, 2.05) is 12.1 Å². The number of hydrogen-bond acceptors (Lipinski definition) is 4. The number of phenolic OH excluding ortho intramolecular Hbond substituents is 1. The first kappa shape index (κ1) is 29.3. The summed E-state index contributed by atoms with van der Waals surface area (Å²) in [6, 6.07) is 6.52. The van der Waals surface area contributed by atoms with E-state index in [-0.39, 0.29) is 11.7 Å². The van der Waals surface area contributed by atoms with Crippen LogP contribution >= 0.6 is 11.8 Å². The van der Waals surface area contributed by atoms with Crippen LogP contribution in [0.1, 0.15) is 110 Å². The van der Waals surface area contributed by atoms with Gasteiger partial charge in [0.2, 0.25) is 5.91 Å². The summed E-state index contributed by atoms with van der Waals surface area (Å²) in [5.41, 5.74) is 0. The number of carbonyl (C=O) groups is 2. The van der Waals surface area contributed by atoms with Gasteiger partial charge in [-0.1, -0.05) is 96.8 Å². The summed E-state index contributed by atoms with van der Waals surface area (Å²) in [7, 11) is 0. The van der Waals surface area contributed by atoms with Crippen molar-refractivity contribution >= 4 is 23.7 Å². The molecule has 6 heteroatoms. The molecule has 3 amide bonds. The highest BCUT2D eigenvalue weighted by molar-refractivity contribution is 7.99. The summed E-state index contributed by atoms with van der Waals surface area (Å²) in [5.74, 6) is 0.739. The lowest BCUT2D eigenvalue weighted by Crippen LogP contribution is -2.40. The Morgan fingerprint density at radius 2 is 1.24 bits per heavy atom. The molecule has 0 spiro atoms. The monoisotopic (exact) mass is 478 g/mol. The van der Waals surface area contributed by atoms with Crippen LogP contribution in [0.2, 0.25) is 0 Å². The van der Waals surface area contributed by atoms with E-state index in [2.05, 4.69) is 17.6 Å². The van der Waals surface area contributed by atoms with E-state index in [1.54, 1.807) is 23.9 Å². The maximum absolute atomic E-state index is 11.9. The van der Waals surface area contributed by atoms with Gasteiger partial charge in [-0.05, 0) is 30.7 Å². The van der Waals surface area contributed by atoms with Crippen LogP contribution in [0.4, 0.5) is 4.79 Å². The van der Waals surface area contributed by atoms with Crippen molar-refractivity contribution in [1.29, 1.82) is 0 Å². The Morgan fingerprint density at radius 3 is 1.76 bits per heavy atom. The first-order valence-corrected chi connectivity index (χ1v) is 14.1. The molecule has 0 aliphatic rings. The molecule has 5 nitrogen and oxygen atoms in total. The number of urea groups is 1. The third-order valence-corrected chi connectivity index (χ3v) is 6.77. The largest absolute Gasteiger partial charge is 0.508 e. The standard InChI is InChI=1S/C27H46N2O3S/c1-2-3-4-5-6-7-8-9-10-11-12-13-14-15-16-17-26(31)29-27(32)28-22-23-33-25-20-18-24(30)19-21-25/h18-21,30H,2-17,22-23H2,1H3,(H2,28,29,31,32). The maximum atomic E-state index is 11.9. The first-order chi connectivity index (χ1) is 16.1. The zero-order valence-electron chi connectivity index (χ0n) is 20.7. The fourth-order valence-electron chi connectivity index (χ4n) is 3.77. The van der Waals surface area contributed by atoms with Crippen LogP contribution in [-0.2, 0) is 4.79 Å². The Morgan fingerprint density at radius 1 is 0.758 bits per heavy atom. The molecule has 1 rings (SSSR count). The van der Waals surface area contributed by atoms with E-state index in [0.717, 1.165) is 17.7 Å². The van der Waals surface area contributed by atoms with Gasteiger partial charge in [-0.25, -0.2) is 4.79 Å². The average molecular weight is 479 g/mol. The molecule has 0 aliphatic heterocycles. The van der Waals surface area contributed by atoms with Gasteiger partial charge in [0.1, 0.15) is 5.75 Å². The second-order valence-corrected chi connectivity index (χ2v) is 10.0. The molecule has 1 aromatic carbocycles. The molecule has 0 unspecified atom stereocenters. The number of aromatic hydroxyl groups is 1. The van der Waals surface area contributed by atoms with Crippen molar-refractivity contribution in [2.75, 3.05) is 12.3 Å². The summed E-state index contributed by atoms with van der Waals surface area (Å²) in [5, 5.41) is 14.4. The average Bonchev–Trinajstić information content (AvgIpc) is 2.80. The fourth-order valence-corrected chi connectivity index (χ4v) is 4.53. The number of imide groups is 1. The van der Waals surface area contributed by atoms with E-state index >= 15 is 0 Å². The van der Waals surface area contributed by atoms with Crippen molar-refractivity contribution in [3.05, 3.63) is 24.3 Å². The number of rotatable bonds is 20. The van der Waals surface area contributed by atoms with Gasteiger partial charge < -0.3 is 10.4 Å². The SMILES string of the molecule is CCCCCCCCCCCCCCCCCC(=O)NC(=O)NCCSc1ccc(O)cc1.